The molecule has 1 aromatic rings. The first-order valence-electron chi connectivity index (χ1n) is 6.99. The van der Waals surface area contributed by atoms with E-state index in [1.807, 2.05) is 18.7 Å². The fraction of sp³-hybridized carbons (Fsp3) is 0.600. The molecule has 0 saturated carbocycles. The molecule has 0 radical (unpaired) electrons. The van der Waals surface area contributed by atoms with E-state index in [-0.39, 0.29) is 23.7 Å². The summed E-state index contributed by atoms with van der Waals surface area (Å²) in [6, 6.07) is -0.288. The zero-order chi connectivity index (χ0) is 15.0. The highest BCUT2D eigenvalue weighted by Crippen LogP contribution is 2.22. The number of aryl methyl sites for hydroxylation is 1. The number of carbonyl (C=O) groups excluding carboxylic acids is 2. The van der Waals surface area contributed by atoms with Crippen molar-refractivity contribution in [1.82, 2.24) is 9.88 Å². The van der Waals surface area contributed by atoms with Crippen molar-refractivity contribution in [2.75, 3.05) is 13.1 Å². The summed E-state index contributed by atoms with van der Waals surface area (Å²) >= 11 is 0. The van der Waals surface area contributed by atoms with Gasteiger partial charge < -0.3 is 10.1 Å². The number of likely N-dealkylation sites (tertiary alicyclic amines) is 1. The van der Waals surface area contributed by atoms with Crippen LogP contribution in [-0.2, 0) is 0 Å². The van der Waals surface area contributed by atoms with Crippen molar-refractivity contribution in [3.8, 4) is 0 Å². The maximum atomic E-state index is 12.6. The second-order valence-corrected chi connectivity index (χ2v) is 5.66. The van der Waals surface area contributed by atoms with Crippen molar-refractivity contribution in [3.05, 3.63) is 22.5 Å². The number of ketones is 2. The zero-order valence-corrected chi connectivity index (χ0v) is 12.5. The normalized spacial score (nSPS) is 21.1. The van der Waals surface area contributed by atoms with Gasteiger partial charge in [-0.1, -0.05) is 0 Å². The lowest BCUT2D eigenvalue weighted by molar-refractivity contribution is 0.0841. The number of nitrogens with zero attached hydrogens (tertiary/aromatic N) is 1. The minimum Gasteiger partial charge on any atom is -0.392 e. The van der Waals surface area contributed by atoms with Crippen molar-refractivity contribution in [1.29, 1.82) is 0 Å². The molecule has 0 amide bonds. The number of rotatable bonds is 4. The Kier molecular flexibility index (Phi) is 4.11. The first kappa shape index (κ1) is 14.9. The number of aliphatic hydroxyl groups excluding tert-OH is 1. The van der Waals surface area contributed by atoms with E-state index in [2.05, 4.69) is 4.98 Å². The quantitative estimate of drug-likeness (QED) is 0.818. The second kappa shape index (κ2) is 5.50. The molecule has 2 rings (SSSR count). The van der Waals surface area contributed by atoms with Gasteiger partial charge in [0.05, 0.1) is 17.8 Å². The third-order valence-electron chi connectivity index (χ3n) is 4.16. The van der Waals surface area contributed by atoms with Gasteiger partial charge in [-0.15, -0.1) is 0 Å². The number of carbonyl (C=O) groups is 2. The highest BCUT2D eigenvalue weighted by molar-refractivity contribution is 6.05. The predicted octanol–water partition coefficient (Wildman–Crippen LogP) is 1.47. The number of β-amino-alcohol motifs (C(OH)–C–C–N with tert-alkyl or cyclic N) is 1. The molecular formula is C15H22N2O3. The van der Waals surface area contributed by atoms with E-state index in [4.69, 9.17) is 0 Å². The molecule has 5 nitrogen and oxygen atoms in total. The van der Waals surface area contributed by atoms with Crippen LogP contribution in [0.15, 0.2) is 0 Å². The molecule has 2 heterocycles. The molecule has 2 atom stereocenters. The molecule has 1 aliphatic rings. The van der Waals surface area contributed by atoms with Crippen LogP contribution in [0.3, 0.4) is 0 Å². The second-order valence-electron chi connectivity index (χ2n) is 5.66. The minimum atomic E-state index is -0.343. The van der Waals surface area contributed by atoms with E-state index in [1.54, 1.807) is 6.92 Å². The summed E-state index contributed by atoms with van der Waals surface area (Å²) in [5.41, 5.74) is 2.60. The number of aliphatic hydroxyl groups is 1. The molecule has 20 heavy (non-hydrogen) atoms. The third-order valence-corrected chi connectivity index (χ3v) is 4.16. The van der Waals surface area contributed by atoms with Gasteiger partial charge in [-0.05, 0) is 39.7 Å². The van der Waals surface area contributed by atoms with Crippen molar-refractivity contribution in [3.63, 3.8) is 0 Å². The number of H-pyrrole nitrogens is 1. The average molecular weight is 278 g/mol. The van der Waals surface area contributed by atoms with Crippen molar-refractivity contribution < 1.29 is 14.7 Å². The number of hydrogen-bond donors (Lipinski definition) is 2. The van der Waals surface area contributed by atoms with Crippen LogP contribution < -0.4 is 0 Å². The van der Waals surface area contributed by atoms with E-state index in [9.17, 15) is 14.7 Å². The van der Waals surface area contributed by atoms with Gasteiger partial charge >= 0.3 is 0 Å². The van der Waals surface area contributed by atoms with Gasteiger partial charge in [0.25, 0.3) is 0 Å². The Labute approximate surface area is 119 Å². The lowest BCUT2D eigenvalue weighted by atomic mass is 10.0. The Balaban J connectivity index is 2.25. The number of aromatic amines is 1. The fourth-order valence-corrected chi connectivity index (χ4v) is 3.02. The van der Waals surface area contributed by atoms with Crippen molar-refractivity contribution in [2.24, 2.45) is 0 Å². The van der Waals surface area contributed by atoms with Crippen molar-refractivity contribution in [2.45, 2.75) is 46.3 Å². The summed E-state index contributed by atoms with van der Waals surface area (Å²) in [5, 5.41) is 9.57. The lowest BCUT2D eigenvalue weighted by Crippen LogP contribution is -2.38. The van der Waals surface area contributed by atoms with Gasteiger partial charge in [-0.3, -0.25) is 14.5 Å². The van der Waals surface area contributed by atoms with Gasteiger partial charge in [0, 0.05) is 24.3 Å². The molecule has 1 aromatic heterocycles. The first-order chi connectivity index (χ1) is 9.32. The Morgan fingerprint density at radius 2 is 2.05 bits per heavy atom. The maximum Gasteiger partial charge on any atom is 0.196 e. The molecule has 1 fully saturated rings. The van der Waals surface area contributed by atoms with E-state index < -0.39 is 0 Å². The predicted molar refractivity (Wildman–Crippen MR) is 76.3 cm³/mol. The Hall–Kier alpha value is -1.46. The Morgan fingerprint density at radius 3 is 2.50 bits per heavy atom. The molecule has 1 unspecified atom stereocenters. The van der Waals surface area contributed by atoms with E-state index in [0.717, 1.165) is 17.8 Å². The average Bonchev–Trinajstić information content (AvgIpc) is 2.91. The molecule has 1 saturated heterocycles. The van der Waals surface area contributed by atoms with Gasteiger partial charge in [0.15, 0.2) is 11.6 Å². The number of aromatic nitrogens is 1. The lowest BCUT2D eigenvalue weighted by Gasteiger charge is -2.22. The zero-order valence-electron chi connectivity index (χ0n) is 12.5. The maximum absolute atomic E-state index is 12.6. The van der Waals surface area contributed by atoms with Crippen LogP contribution in [0, 0.1) is 13.8 Å². The Bertz CT molecular complexity index is 548. The van der Waals surface area contributed by atoms with Crippen molar-refractivity contribution >= 4 is 11.6 Å². The van der Waals surface area contributed by atoms with E-state index >= 15 is 0 Å². The SMILES string of the molecule is CC(=O)c1c(C)[nH]c(C(=O)C(C)N2CC[C@H](O)C2)c1C. The molecule has 110 valence electrons. The first-order valence-corrected chi connectivity index (χ1v) is 6.99. The number of Topliss-reactive ketones (excluding diaryl/α,β-unsaturated/α-hetero) is 2. The highest BCUT2D eigenvalue weighted by Gasteiger charge is 2.31. The molecule has 1 aliphatic heterocycles. The molecule has 0 aromatic carbocycles. The van der Waals surface area contributed by atoms with Crippen LogP contribution >= 0.6 is 0 Å². The monoisotopic (exact) mass is 278 g/mol. The number of hydrogen-bond acceptors (Lipinski definition) is 4. The van der Waals surface area contributed by atoms with E-state index in [1.165, 1.54) is 6.92 Å². The molecule has 2 N–H and O–H groups in total. The molecule has 5 heteroatoms. The largest absolute Gasteiger partial charge is 0.392 e. The topological polar surface area (TPSA) is 73.4 Å². The summed E-state index contributed by atoms with van der Waals surface area (Å²) in [4.78, 5) is 29.2. The highest BCUT2D eigenvalue weighted by atomic mass is 16.3. The summed E-state index contributed by atoms with van der Waals surface area (Å²) < 4.78 is 0. The van der Waals surface area contributed by atoms with Crippen LogP contribution in [0.4, 0.5) is 0 Å². The van der Waals surface area contributed by atoms with Crippen LogP contribution in [0.2, 0.25) is 0 Å². The fourth-order valence-electron chi connectivity index (χ4n) is 3.02. The van der Waals surface area contributed by atoms with Gasteiger partial charge in [0.1, 0.15) is 0 Å². The van der Waals surface area contributed by atoms with Crippen LogP contribution in [-0.4, -0.2) is 51.8 Å². The van der Waals surface area contributed by atoms with Gasteiger partial charge in [0.2, 0.25) is 0 Å². The molecular weight excluding hydrogens is 256 g/mol. The van der Waals surface area contributed by atoms with Gasteiger partial charge in [-0.2, -0.15) is 0 Å². The van der Waals surface area contributed by atoms with Crippen LogP contribution in [0.25, 0.3) is 0 Å². The summed E-state index contributed by atoms with van der Waals surface area (Å²) in [6.07, 6.45) is 0.364. The molecule has 0 bridgehead atoms. The Morgan fingerprint density at radius 1 is 1.40 bits per heavy atom. The summed E-state index contributed by atoms with van der Waals surface area (Å²) in [7, 11) is 0. The van der Waals surface area contributed by atoms with Crippen LogP contribution in [0.5, 0.6) is 0 Å². The van der Waals surface area contributed by atoms with E-state index in [0.29, 0.717) is 24.2 Å². The van der Waals surface area contributed by atoms with Crippen LogP contribution in [0.1, 0.15) is 52.4 Å². The molecule has 0 aliphatic carbocycles. The minimum absolute atomic E-state index is 0.0211. The number of nitrogens with one attached hydrogen (secondary N) is 1. The molecule has 0 spiro atoms. The summed E-state index contributed by atoms with van der Waals surface area (Å²) in [6.45, 7) is 8.24. The summed E-state index contributed by atoms with van der Waals surface area (Å²) in [5.74, 6) is -0.0493. The smallest absolute Gasteiger partial charge is 0.196 e. The van der Waals surface area contributed by atoms with Gasteiger partial charge in [-0.25, -0.2) is 0 Å². The standard InChI is InChI=1S/C15H22N2O3/c1-8-13(11(4)18)9(2)16-14(8)15(20)10(3)17-6-5-12(19)7-17/h10,12,16,19H,5-7H2,1-4H3/t10?,12-/m0/s1. The third kappa shape index (κ3) is 2.55.